The largest absolute Gasteiger partial charge is 0.490 e. The molecule has 4 aromatic rings. The maximum atomic E-state index is 13.5. The Kier molecular flexibility index (Phi) is 23.1. The normalized spacial score (nSPS) is 18.0. The highest BCUT2D eigenvalue weighted by Gasteiger charge is 2.43. The lowest BCUT2D eigenvalue weighted by Crippen LogP contribution is -2.48. The number of alkyl carbamates (subject to hydrolysis) is 1. The SMILES string of the molecule is Nc1ncnc2c1c(C#CCNC(=O)CCSSCC(NC(=O)OCC1c3ccccc3-c3ccccc31)C(=O)NCCCCCC(=O)NC(CCC(=O)O)C(=O)O)cn2[C@H]1C[C@@H](O)[C@@H](COP(=O)(O)OP(=O)(O)OP(=O)(O)O)O1. The van der Waals surface area contributed by atoms with E-state index in [0.29, 0.717) is 36.0 Å². The van der Waals surface area contributed by atoms with Crippen molar-refractivity contribution in [3.63, 3.8) is 0 Å². The van der Waals surface area contributed by atoms with Crippen LogP contribution >= 0.6 is 45.1 Å². The first kappa shape index (κ1) is 63.3. The van der Waals surface area contributed by atoms with Gasteiger partial charge in [0.25, 0.3) is 0 Å². The van der Waals surface area contributed by atoms with Gasteiger partial charge in [0.15, 0.2) is 0 Å². The number of anilines is 1. The van der Waals surface area contributed by atoms with E-state index >= 15 is 0 Å². The molecule has 2 aromatic carbocycles. The minimum Gasteiger partial charge on any atom is -0.481 e. The number of aliphatic hydroxyl groups excluding tert-OH is 1. The highest BCUT2D eigenvalue weighted by molar-refractivity contribution is 8.76. The van der Waals surface area contributed by atoms with Crippen LogP contribution in [-0.4, -0.2) is 147 Å². The summed E-state index contributed by atoms with van der Waals surface area (Å²) < 4.78 is 59.9. The standard InChI is InChI=1S/C46H57N8O21P3S2/c47-42-41-27(22-54(43(41)51-26-50-42)39-21-35(55)36(73-39)24-72-77(67,68)75-78(69,70)74-76(64,65)66)9-8-19-48-37(56)17-20-79-80-25-34(44(60)49-18-7-1-2-14-38(57)52-33(45(61)62)15-16-40(58)59)53-46(63)71-23-32-30-12-5-3-10-28(30)29-11-4-6-13-31(29)32/h3-6,10-13,22,26,32-36,39,55H,1-2,7,14-21,23-25H2,(H,48,56)(H,49,60)(H,52,57)(H,53,63)(H,58,59)(H,61,62)(H,67,68)(H,69,70)(H2,47,50,51)(H2,64,65,66)/t33?,34?,35-,36-,39-/m1/s1. The van der Waals surface area contributed by atoms with Crippen molar-refractivity contribution in [2.45, 2.75) is 87.8 Å². The van der Waals surface area contributed by atoms with E-state index in [1.54, 1.807) is 0 Å². The zero-order valence-electron chi connectivity index (χ0n) is 42.1. The second-order valence-corrected chi connectivity index (χ2v) is 24.7. The number of hydrogen-bond donors (Lipinski definition) is 12. The monoisotopic (exact) mass is 1210 g/mol. The number of hydrogen-bond acceptors (Lipinski definition) is 20. The second-order valence-electron chi connectivity index (χ2n) is 17.7. The first-order valence-corrected chi connectivity index (χ1v) is 31.3. The molecule has 4 unspecified atom stereocenters. The van der Waals surface area contributed by atoms with Gasteiger partial charge >= 0.3 is 41.5 Å². The lowest BCUT2D eigenvalue weighted by atomic mass is 9.98. The fourth-order valence-electron chi connectivity index (χ4n) is 8.29. The summed E-state index contributed by atoms with van der Waals surface area (Å²) in [6.07, 6.45) is -1.43. The number of phosphoric ester groups is 1. The molecule has 1 aliphatic carbocycles. The number of nitrogens with zero attached hydrogens (tertiary/aromatic N) is 3. The number of fused-ring (bicyclic) bond motifs is 4. The number of nitrogen functional groups attached to an aromatic ring is 1. The topological polar surface area (TPSA) is 446 Å². The highest BCUT2D eigenvalue weighted by atomic mass is 33.1. The summed E-state index contributed by atoms with van der Waals surface area (Å²) in [7, 11) is -14.4. The molecule has 7 atom stereocenters. The molecule has 2 aromatic heterocycles. The molecule has 0 bridgehead atoms. The molecule has 1 fully saturated rings. The van der Waals surface area contributed by atoms with Gasteiger partial charge in [-0.15, -0.1) is 0 Å². The summed E-state index contributed by atoms with van der Waals surface area (Å²) in [5, 5.41) is 39.6. The summed E-state index contributed by atoms with van der Waals surface area (Å²) >= 11 is 0. The molecule has 13 N–H and O–H groups in total. The Balaban J connectivity index is 0.973. The Bertz CT molecular complexity index is 3080. The molecule has 2 aliphatic rings. The molecular weight excluding hydrogens is 1160 g/mol. The molecule has 0 saturated carbocycles. The fraction of sp³-hybridized carbons (Fsp3) is 0.435. The Morgan fingerprint density at radius 3 is 2.20 bits per heavy atom. The molecule has 0 radical (unpaired) electrons. The zero-order valence-corrected chi connectivity index (χ0v) is 46.4. The molecule has 6 rings (SSSR count). The maximum absolute atomic E-state index is 13.5. The number of aromatic nitrogens is 3. The average Bonchev–Trinajstić information content (AvgIpc) is 4.27. The number of carbonyl (C=O) groups excluding carboxylic acids is 4. The molecule has 0 spiro atoms. The van der Waals surface area contributed by atoms with Gasteiger partial charge in [0, 0.05) is 55.8 Å². The number of carboxylic acids is 2. The van der Waals surface area contributed by atoms with E-state index in [1.165, 1.54) is 32.4 Å². The van der Waals surface area contributed by atoms with Crippen molar-refractivity contribution in [1.82, 2.24) is 35.8 Å². The third-order valence-corrected chi connectivity index (χ3v) is 18.1. The van der Waals surface area contributed by atoms with Crippen molar-refractivity contribution in [3.8, 4) is 23.0 Å². The van der Waals surface area contributed by atoms with E-state index in [2.05, 4.69) is 56.2 Å². The number of nitrogens with one attached hydrogen (secondary N) is 4. The van der Waals surface area contributed by atoms with Gasteiger partial charge in [0.1, 0.15) is 48.8 Å². The molecule has 1 aliphatic heterocycles. The van der Waals surface area contributed by atoms with Crippen LogP contribution in [-0.2, 0) is 60.3 Å². The van der Waals surface area contributed by atoms with Gasteiger partial charge in [0.2, 0.25) is 17.7 Å². The Hall–Kier alpha value is -5.93. The van der Waals surface area contributed by atoms with Crippen LogP contribution in [0.25, 0.3) is 22.2 Å². The molecule has 29 nitrogen and oxygen atoms in total. The van der Waals surface area contributed by atoms with Crippen LogP contribution in [0.1, 0.15) is 80.2 Å². The van der Waals surface area contributed by atoms with Crippen molar-refractivity contribution >= 4 is 97.7 Å². The summed E-state index contributed by atoms with van der Waals surface area (Å²) in [5.74, 6) is 1.92. The minimum absolute atomic E-state index is 0.00452. The highest BCUT2D eigenvalue weighted by Crippen LogP contribution is 2.66. The number of unbranched alkanes of at least 4 members (excludes halogenated alkanes) is 2. The lowest BCUT2D eigenvalue weighted by molar-refractivity contribution is -0.143. The number of aliphatic hydroxyl groups is 1. The van der Waals surface area contributed by atoms with Gasteiger partial charge in [-0.2, -0.15) is 8.62 Å². The molecule has 1 saturated heterocycles. The van der Waals surface area contributed by atoms with Crippen LogP contribution in [0.3, 0.4) is 0 Å². The number of nitrogens with two attached hydrogens (primary N) is 1. The number of amides is 4. The molecule has 434 valence electrons. The number of phosphoric acid groups is 3. The van der Waals surface area contributed by atoms with E-state index in [-0.39, 0.29) is 74.4 Å². The Morgan fingerprint density at radius 2 is 1.52 bits per heavy atom. The number of aliphatic carboxylic acids is 2. The van der Waals surface area contributed by atoms with E-state index in [0.717, 1.165) is 28.6 Å². The number of rotatable bonds is 30. The Labute approximate surface area is 463 Å². The Morgan fingerprint density at radius 1 is 0.825 bits per heavy atom. The van der Waals surface area contributed by atoms with Crippen molar-refractivity contribution in [2.24, 2.45) is 0 Å². The van der Waals surface area contributed by atoms with E-state index in [9.17, 15) is 62.5 Å². The maximum Gasteiger partial charge on any atom is 0.490 e. The zero-order chi connectivity index (χ0) is 58.2. The fourth-order valence-corrected chi connectivity index (χ4v) is 13.5. The number of carboxylic acid groups (broad SMARTS) is 2. The van der Waals surface area contributed by atoms with Gasteiger partial charge in [0.05, 0.1) is 30.2 Å². The lowest BCUT2D eigenvalue weighted by Gasteiger charge is -2.19. The van der Waals surface area contributed by atoms with E-state index < -0.39 is 96.9 Å². The summed E-state index contributed by atoms with van der Waals surface area (Å²) in [6, 6.07) is 13.2. The third kappa shape index (κ3) is 19.1. The summed E-state index contributed by atoms with van der Waals surface area (Å²) in [5.41, 5.74) is 10.7. The van der Waals surface area contributed by atoms with Crippen LogP contribution in [0.4, 0.5) is 10.6 Å². The predicted octanol–water partition coefficient (Wildman–Crippen LogP) is 3.26. The van der Waals surface area contributed by atoms with E-state index in [4.69, 9.17) is 30.1 Å². The van der Waals surface area contributed by atoms with Crippen LogP contribution in [0.2, 0.25) is 0 Å². The summed E-state index contributed by atoms with van der Waals surface area (Å²) in [4.78, 5) is 119. The quantitative estimate of drug-likeness (QED) is 0.0154. The van der Waals surface area contributed by atoms with Crippen molar-refractivity contribution < 1.29 is 100.0 Å². The van der Waals surface area contributed by atoms with Crippen LogP contribution in [0.5, 0.6) is 0 Å². The van der Waals surface area contributed by atoms with Crippen molar-refractivity contribution in [1.29, 1.82) is 0 Å². The summed E-state index contributed by atoms with van der Waals surface area (Å²) in [6.45, 7) is -0.833. The molecule has 34 heteroatoms. The van der Waals surface area contributed by atoms with Crippen molar-refractivity contribution in [3.05, 3.63) is 77.7 Å². The minimum atomic E-state index is -5.78. The van der Waals surface area contributed by atoms with Gasteiger partial charge in [-0.25, -0.2) is 33.3 Å². The van der Waals surface area contributed by atoms with E-state index in [1.807, 2.05) is 48.5 Å². The van der Waals surface area contributed by atoms with Gasteiger partial charge < -0.3 is 75.9 Å². The van der Waals surface area contributed by atoms with Gasteiger partial charge in [-0.1, -0.05) is 88.4 Å². The van der Waals surface area contributed by atoms with Crippen LogP contribution in [0, 0.1) is 11.8 Å². The van der Waals surface area contributed by atoms with Crippen LogP contribution < -0.4 is 27.0 Å². The molecule has 80 heavy (non-hydrogen) atoms. The smallest absolute Gasteiger partial charge is 0.481 e. The number of carbonyl (C=O) groups is 6. The molecular formula is C46H57N8O21P3S2. The predicted molar refractivity (Wildman–Crippen MR) is 286 cm³/mol. The van der Waals surface area contributed by atoms with Gasteiger partial charge in [-0.3, -0.25) is 23.7 Å². The molecule has 3 heterocycles. The molecule has 4 amide bonds. The van der Waals surface area contributed by atoms with Gasteiger partial charge in [-0.05, 0) is 41.5 Å². The average molecular weight is 1220 g/mol. The first-order chi connectivity index (χ1) is 37.9. The van der Waals surface area contributed by atoms with Crippen LogP contribution in [0.15, 0.2) is 61.1 Å². The first-order valence-electron chi connectivity index (χ1n) is 24.3. The third-order valence-electron chi connectivity index (χ3n) is 11.9. The second kappa shape index (κ2) is 29.2. The van der Waals surface area contributed by atoms with Crippen molar-refractivity contribution in [2.75, 3.05) is 43.5 Å². The number of ether oxygens (including phenoxy) is 2. The number of benzene rings is 2.